The summed E-state index contributed by atoms with van der Waals surface area (Å²) in [5.74, 6) is -0.924. The topological polar surface area (TPSA) is 64.0 Å². The van der Waals surface area contributed by atoms with Gasteiger partial charge in [-0.15, -0.1) is 0 Å². The van der Waals surface area contributed by atoms with Gasteiger partial charge in [0.25, 0.3) is 0 Å². The molecule has 1 unspecified atom stereocenters. The highest BCUT2D eigenvalue weighted by molar-refractivity contribution is 5.67. The van der Waals surface area contributed by atoms with Crippen LogP contribution in [0.2, 0.25) is 0 Å². The fraction of sp³-hybridized carbons (Fsp3) is 0.923. The molecule has 1 saturated carbocycles. The van der Waals surface area contributed by atoms with Gasteiger partial charge in [0.05, 0.1) is 12.5 Å². The lowest BCUT2D eigenvalue weighted by Gasteiger charge is -2.38. The summed E-state index contributed by atoms with van der Waals surface area (Å²) in [4.78, 5) is 15.2. The van der Waals surface area contributed by atoms with E-state index in [1.54, 1.807) is 0 Å². The van der Waals surface area contributed by atoms with E-state index in [1.807, 2.05) is 0 Å². The van der Waals surface area contributed by atoms with Crippen molar-refractivity contribution in [2.75, 3.05) is 32.7 Å². The van der Waals surface area contributed by atoms with Gasteiger partial charge in [-0.2, -0.15) is 0 Å². The normalized spacial score (nSPS) is 25.4. The van der Waals surface area contributed by atoms with Crippen LogP contribution in [-0.4, -0.2) is 70.9 Å². The van der Waals surface area contributed by atoms with Gasteiger partial charge >= 0.3 is 5.97 Å². The van der Waals surface area contributed by atoms with Crippen molar-refractivity contribution in [3.8, 4) is 0 Å². The van der Waals surface area contributed by atoms with Gasteiger partial charge in [-0.05, 0) is 12.8 Å². The first-order chi connectivity index (χ1) is 8.65. The number of aliphatic carboxylic acids is 1. The standard InChI is InChI=1S/C13H24N2O3/c16-12(9-13(17)18)10-14-5-7-15(8-6-14)11-3-1-2-4-11/h11-12,16H,1-10H2,(H,17,18). The molecule has 1 saturated heterocycles. The Balaban J connectivity index is 1.68. The van der Waals surface area contributed by atoms with Gasteiger partial charge in [-0.3, -0.25) is 14.6 Å². The van der Waals surface area contributed by atoms with Crippen molar-refractivity contribution in [3.05, 3.63) is 0 Å². The van der Waals surface area contributed by atoms with Crippen molar-refractivity contribution in [1.29, 1.82) is 0 Å². The highest BCUT2D eigenvalue weighted by atomic mass is 16.4. The second kappa shape index (κ2) is 6.50. The number of β-amino-alcohol motifs (C(OH)–C–C–N with tert-alkyl or cyclic N) is 1. The van der Waals surface area contributed by atoms with Gasteiger partial charge in [0.15, 0.2) is 0 Å². The molecule has 0 radical (unpaired) electrons. The fourth-order valence-electron chi connectivity index (χ4n) is 3.14. The number of piperazine rings is 1. The minimum absolute atomic E-state index is 0.150. The molecule has 5 heteroatoms. The van der Waals surface area contributed by atoms with Crippen LogP contribution in [0.4, 0.5) is 0 Å². The number of nitrogens with zero attached hydrogens (tertiary/aromatic N) is 2. The van der Waals surface area contributed by atoms with Crippen LogP contribution in [0.15, 0.2) is 0 Å². The summed E-state index contributed by atoms with van der Waals surface area (Å²) in [6.45, 7) is 4.51. The molecule has 0 spiro atoms. The first kappa shape index (κ1) is 13.8. The molecule has 5 nitrogen and oxygen atoms in total. The van der Waals surface area contributed by atoms with Gasteiger partial charge in [-0.25, -0.2) is 0 Å². The molecule has 104 valence electrons. The summed E-state index contributed by atoms with van der Waals surface area (Å²) < 4.78 is 0. The molecule has 2 rings (SSSR count). The van der Waals surface area contributed by atoms with Crippen LogP contribution in [0.1, 0.15) is 32.1 Å². The summed E-state index contributed by atoms with van der Waals surface area (Å²) in [5.41, 5.74) is 0. The average Bonchev–Trinajstić information content (AvgIpc) is 2.82. The van der Waals surface area contributed by atoms with Crippen molar-refractivity contribution >= 4 is 5.97 Å². The van der Waals surface area contributed by atoms with Crippen molar-refractivity contribution in [1.82, 2.24) is 9.80 Å². The Morgan fingerprint density at radius 3 is 2.33 bits per heavy atom. The predicted octanol–water partition coefficient (Wildman–Crippen LogP) is 0.382. The predicted molar refractivity (Wildman–Crippen MR) is 68.5 cm³/mol. The van der Waals surface area contributed by atoms with E-state index >= 15 is 0 Å². The van der Waals surface area contributed by atoms with Crippen molar-refractivity contribution in [3.63, 3.8) is 0 Å². The van der Waals surface area contributed by atoms with E-state index in [0.717, 1.165) is 32.2 Å². The molecule has 0 amide bonds. The largest absolute Gasteiger partial charge is 0.481 e. The number of carboxylic acid groups (broad SMARTS) is 1. The van der Waals surface area contributed by atoms with E-state index in [4.69, 9.17) is 5.11 Å². The Bertz CT molecular complexity index is 271. The number of hydrogen-bond acceptors (Lipinski definition) is 4. The summed E-state index contributed by atoms with van der Waals surface area (Å²) in [5, 5.41) is 18.2. The molecule has 18 heavy (non-hydrogen) atoms. The molecule has 1 aliphatic heterocycles. The van der Waals surface area contributed by atoms with E-state index in [9.17, 15) is 9.90 Å². The lowest BCUT2D eigenvalue weighted by atomic mass is 10.1. The summed E-state index contributed by atoms with van der Waals surface area (Å²) >= 11 is 0. The maximum Gasteiger partial charge on any atom is 0.306 e. The Kier molecular flexibility index (Phi) is 4.97. The third-order valence-electron chi connectivity index (χ3n) is 4.13. The van der Waals surface area contributed by atoms with Gasteiger partial charge in [0.1, 0.15) is 0 Å². The Morgan fingerprint density at radius 1 is 1.17 bits per heavy atom. The highest BCUT2D eigenvalue weighted by Crippen LogP contribution is 2.24. The molecule has 1 heterocycles. The van der Waals surface area contributed by atoms with Crippen LogP contribution >= 0.6 is 0 Å². The third kappa shape index (κ3) is 3.93. The number of rotatable bonds is 5. The van der Waals surface area contributed by atoms with E-state index in [-0.39, 0.29) is 6.42 Å². The molecule has 1 aliphatic carbocycles. The monoisotopic (exact) mass is 256 g/mol. The van der Waals surface area contributed by atoms with Gasteiger partial charge in [0, 0.05) is 38.8 Å². The smallest absolute Gasteiger partial charge is 0.306 e. The second-order valence-electron chi connectivity index (χ2n) is 5.53. The zero-order valence-corrected chi connectivity index (χ0v) is 10.9. The van der Waals surface area contributed by atoms with E-state index in [1.165, 1.54) is 25.7 Å². The van der Waals surface area contributed by atoms with Crippen molar-refractivity contribution in [2.24, 2.45) is 0 Å². The first-order valence-corrected chi connectivity index (χ1v) is 7.01. The fourth-order valence-corrected chi connectivity index (χ4v) is 3.14. The van der Waals surface area contributed by atoms with E-state index < -0.39 is 12.1 Å². The lowest BCUT2D eigenvalue weighted by molar-refractivity contribution is -0.139. The highest BCUT2D eigenvalue weighted by Gasteiger charge is 2.26. The van der Waals surface area contributed by atoms with Crippen LogP contribution < -0.4 is 0 Å². The molecule has 0 aromatic rings. The molecule has 0 aromatic heterocycles. The van der Waals surface area contributed by atoms with Crippen LogP contribution in [0.25, 0.3) is 0 Å². The number of carbonyl (C=O) groups is 1. The molecule has 2 aliphatic rings. The van der Waals surface area contributed by atoms with Crippen LogP contribution in [0.3, 0.4) is 0 Å². The van der Waals surface area contributed by atoms with E-state index in [2.05, 4.69) is 9.80 Å². The first-order valence-electron chi connectivity index (χ1n) is 7.01. The zero-order chi connectivity index (χ0) is 13.0. The quantitative estimate of drug-likeness (QED) is 0.744. The minimum atomic E-state index is -0.924. The summed E-state index contributed by atoms with van der Waals surface area (Å²) in [6.07, 6.45) is 4.51. The lowest BCUT2D eigenvalue weighted by Crippen LogP contribution is -2.51. The SMILES string of the molecule is O=C(O)CC(O)CN1CCN(C2CCCC2)CC1. The van der Waals surface area contributed by atoms with Gasteiger partial charge in [0.2, 0.25) is 0 Å². The summed E-state index contributed by atoms with van der Waals surface area (Å²) in [6, 6.07) is 0.774. The molecule has 0 bridgehead atoms. The number of aliphatic hydroxyl groups excluding tert-OH is 1. The Morgan fingerprint density at radius 2 is 1.78 bits per heavy atom. The van der Waals surface area contributed by atoms with Crippen LogP contribution in [0, 0.1) is 0 Å². The maximum absolute atomic E-state index is 10.5. The average molecular weight is 256 g/mol. The minimum Gasteiger partial charge on any atom is -0.481 e. The molecule has 2 fully saturated rings. The Labute approximate surface area is 108 Å². The molecular formula is C13H24N2O3. The number of aliphatic hydroxyl groups is 1. The number of carboxylic acids is 1. The van der Waals surface area contributed by atoms with Gasteiger partial charge in [-0.1, -0.05) is 12.8 Å². The van der Waals surface area contributed by atoms with Crippen molar-refractivity contribution < 1.29 is 15.0 Å². The molecule has 0 aromatic carbocycles. The summed E-state index contributed by atoms with van der Waals surface area (Å²) in [7, 11) is 0. The van der Waals surface area contributed by atoms with Crippen LogP contribution in [0.5, 0.6) is 0 Å². The second-order valence-corrected chi connectivity index (χ2v) is 5.53. The Hall–Kier alpha value is -0.650. The van der Waals surface area contributed by atoms with Crippen molar-refractivity contribution in [2.45, 2.75) is 44.2 Å². The maximum atomic E-state index is 10.5. The molecule has 2 N–H and O–H groups in total. The number of hydrogen-bond donors (Lipinski definition) is 2. The third-order valence-corrected chi connectivity index (χ3v) is 4.13. The van der Waals surface area contributed by atoms with Crippen LogP contribution in [-0.2, 0) is 4.79 Å². The van der Waals surface area contributed by atoms with Gasteiger partial charge < -0.3 is 10.2 Å². The molecular weight excluding hydrogens is 232 g/mol. The van der Waals surface area contributed by atoms with E-state index in [0.29, 0.717) is 6.54 Å². The zero-order valence-electron chi connectivity index (χ0n) is 10.9. The molecule has 1 atom stereocenters.